The molecular formula is C24H32O14S2. The smallest absolute Gasteiger partial charge is 0.294 e. The first-order chi connectivity index (χ1) is 19.1. The van der Waals surface area contributed by atoms with E-state index in [4.69, 9.17) is 37.9 Å². The number of fused-ring (bicyclic) bond motifs is 2. The highest BCUT2D eigenvalue weighted by atomic mass is 32.2. The van der Waals surface area contributed by atoms with E-state index in [-0.39, 0.29) is 112 Å². The van der Waals surface area contributed by atoms with Crippen LogP contribution in [0.1, 0.15) is 0 Å². The summed E-state index contributed by atoms with van der Waals surface area (Å²) in [5.74, 6) is 0.766. The first-order valence-electron chi connectivity index (χ1n) is 12.2. The number of rotatable bonds is 2. The molecule has 0 unspecified atom stereocenters. The van der Waals surface area contributed by atoms with Gasteiger partial charge in [-0.15, -0.1) is 0 Å². The fourth-order valence-electron chi connectivity index (χ4n) is 3.25. The lowest BCUT2D eigenvalue weighted by Gasteiger charge is -2.15. The minimum atomic E-state index is -4.43. The van der Waals surface area contributed by atoms with Crippen LogP contribution < -0.4 is 18.9 Å². The van der Waals surface area contributed by atoms with Crippen LogP contribution in [0.2, 0.25) is 0 Å². The van der Waals surface area contributed by atoms with Crippen molar-refractivity contribution in [2.75, 3.05) is 79.3 Å². The van der Waals surface area contributed by atoms with Crippen LogP contribution in [0.25, 0.3) is 0 Å². The maximum atomic E-state index is 11.5. The van der Waals surface area contributed by atoms with Crippen LogP contribution in [0.3, 0.4) is 0 Å². The van der Waals surface area contributed by atoms with Gasteiger partial charge in [-0.2, -0.15) is 16.8 Å². The summed E-state index contributed by atoms with van der Waals surface area (Å²) in [5.41, 5.74) is 0. The summed E-state index contributed by atoms with van der Waals surface area (Å²) < 4.78 is 109. The zero-order valence-electron chi connectivity index (χ0n) is 21.6. The van der Waals surface area contributed by atoms with Gasteiger partial charge in [0.05, 0.1) is 62.6 Å². The van der Waals surface area contributed by atoms with Gasteiger partial charge in [-0.25, -0.2) is 0 Å². The Hall–Kier alpha value is -2.70. The lowest BCUT2D eigenvalue weighted by atomic mass is 10.3. The molecule has 14 nitrogen and oxygen atoms in total. The zero-order valence-corrected chi connectivity index (χ0v) is 23.2. The van der Waals surface area contributed by atoms with Crippen molar-refractivity contribution in [2.24, 2.45) is 0 Å². The van der Waals surface area contributed by atoms with E-state index in [2.05, 4.69) is 0 Å². The molecule has 2 aromatic rings. The first kappa shape index (κ1) is 31.8. The van der Waals surface area contributed by atoms with E-state index in [9.17, 15) is 25.9 Å². The molecule has 0 bridgehead atoms. The van der Waals surface area contributed by atoms with Crippen LogP contribution in [0.15, 0.2) is 46.2 Å². The summed E-state index contributed by atoms with van der Waals surface area (Å²) >= 11 is 0. The summed E-state index contributed by atoms with van der Waals surface area (Å²) in [4.78, 5) is -0.670. The molecule has 2 N–H and O–H groups in total. The van der Waals surface area contributed by atoms with E-state index in [0.29, 0.717) is 0 Å². The Labute approximate surface area is 232 Å². The molecule has 0 saturated heterocycles. The molecule has 0 aliphatic carbocycles. The maximum Gasteiger partial charge on any atom is 0.294 e. The summed E-state index contributed by atoms with van der Waals surface area (Å²) in [6, 6.07) is 7.47. The zero-order chi connectivity index (χ0) is 28.8. The number of hydrogen-bond acceptors (Lipinski definition) is 12. The average molecular weight is 609 g/mol. The lowest BCUT2D eigenvalue weighted by Crippen LogP contribution is -2.16. The van der Waals surface area contributed by atoms with Gasteiger partial charge in [-0.3, -0.25) is 9.11 Å². The summed E-state index contributed by atoms with van der Waals surface area (Å²) in [6.45, 7) is 2.12. The van der Waals surface area contributed by atoms with Gasteiger partial charge >= 0.3 is 0 Å². The Kier molecular flexibility index (Phi) is 12.7. The second-order valence-corrected chi connectivity index (χ2v) is 10.9. The maximum absolute atomic E-state index is 11.5. The minimum Gasteiger partial charge on any atom is -0.487 e. The quantitative estimate of drug-likeness (QED) is 0.467. The van der Waals surface area contributed by atoms with Crippen molar-refractivity contribution in [3.63, 3.8) is 0 Å². The third-order valence-electron chi connectivity index (χ3n) is 5.11. The Balaban J connectivity index is 1.57. The fourth-order valence-corrected chi connectivity index (χ4v) is 4.24. The van der Waals surface area contributed by atoms with E-state index < -0.39 is 20.2 Å². The fraction of sp³-hybridized carbons (Fsp3) is 0.500. The van der Waals surface area contributed by atoms with E-state index in [1.807, 2.05) is 0 Å². The molecule has 3 rings (SSSR count). The molecule has 0 radical (unpaired) electrons. The summed E-state index contributed by atoms with van der Waals surface area (Å²) in [5, 5.41) is 0. The molecule has 16 heteroatoms. The van der Waals surface area contributed by atoms with Gasteiger partial charge in [-0.05, 0) is 24.3 Å². The molecule has 1 heterocycles. The third-order valence-corrected chi connectivity index (χ3v) is 6.81. The topological polar surface area (TPSA) is 183 Å². The Bertz CT molecular complexity index is 1180. The highest BCUT2D eigenvalue weighted by Gasteiger charge is 2.16. The number of ether oxygens (including phenoxy) is 8. The van der Waals surface area contributed by atoms with Crippen LogP contribution in [0, 0.1) is 0 Å². The first-order valence-corrected chi connectivity index (χ1v) is 15.1. The molecule has 0 spiro atoms. The second-order valence-electron chi connectivity index (χ2n) is 8.01. The van der Waals surface area contributed by atoms with Gasteiger partial charge in [0.1, 0.15) is 26.4 Å². The molecule has 40 heavy (non-hydrogen) atoms. The van der Waals surface area contributed by atoms with Gasteiger partial charge in [0.15, 0.2) is 23.0 Å². The van der Waals surface area contributed by atoms with Crippen molar-refractivity contribution in [3.8, 4) is 23.0 Å². The van der Waals surface area contributed by atoms with Gasteiger partial charge in [0.25, 0.3) is 20.2 Å². The highest BCUT2D eigenvalue weighted by molar-refractivity contribution is 7.86. The molecule has 0 amide bonds. The van der Waals surface area contributed by atoms with E-state index in [1.54, 1.807) is 0 Å². The van der Waals surface area contributed by atoms with Crippen molar-refractivity contribution in [2.45, 2.75) is 9.79 Å². The molecule has 224 valence electrons. The second kappa shape index (κ2) is 15.9. The van der Waals surface area contributed by atoms with Crippen molar-refractivity contribution < 1.29 is 63.8 Å². The predicted octanol–water partition coefficient (Wildman–Crippen LogP) is 1.48. The summed E-state index contributed by atoms with van der Waals surface area (Å²) in [6.07, 6.45) is 0. The minimum absolute atomic E-state index is 0.0740. The molecule has 0 aromatic heterocycles. The Morgan fingerprint density at radius 1 is 0.425 bits per heavy atom. The third kappa shape index (κ3) is 11.1. The predicted molar refractivity (Wildman–Crippen MR) is 138 cm³/mol. The average Bonchev–Trinajstić information content (AvgIpc) is 2.90. The number of benzene rings is 2. The van der Waals surface area contributed by atoms with E-state index in [1.165, 1.54) is 24.3 Å². The standard InChI is InChI=1S/C24H32O14S2/c25-39(26,27)19-1-3-21-23(17-19)37-15-11-33-8-6-32-10-14-36-22-4-2-20(40(28,29)30)18-24(22)38-16-12-34-7-5-31-9-13-35-21/h1-4,17-18H,5-16H2,(H,25,26,27)(H,28,29,30). The van der Waals surface area contributed by atoms with E-state index in [0.717, 1.165) is 12.1 Å². The van der Waals surface area contributed by atoms with Crippen LogP contribution in [0.4, 0.5) is 0 Å². The SMILES string of the molecule is O=S(=O)(O)c1ccc2c(c1)OCCOCCOCCOc1ccc(S(=O)(=O)O)cc1OCCOCCOCCO2. The molecule has 1 aliphatic rings. The van der Waals surface area contributed by atoms with Crippen LogP contribution in [-0.4, -0.2) is 105 Å². The molecule has 2 aromatic carbocycles. The molecule has 0 saturated carbocycles. The lowest BCUT2D eigenvalue weighted by molar-refractivity contribution is 0.0223. The molecule has 0 fully saturated rings. The Morgan fingerprint density at radius 3 is 1.00 bits per heavy atom. The van der Waals surface area contributed by atoms with Crippen molar-refractivity contribution in [1.29, 1.82) is 0 Å². The van der Waals surface area contributed by atoms with Crippen LogP contribution in [0.5, 0.6) is 23.0 Å². The molecule has 1 aliphatic heterocycles. The van der Waals surface area contributed by atoms with Crippen molar-refractivity contribution in [3.05, 3.63) is 36.4 Å². The van der Waals surface area contributed by atoms with Gasteiger partial charge in [0.2, 0.25) is 0 Å². The van der Waals surface area contributed by atoms with Crippen molar-refractivity contribution >= 4 is 20.2 Å². The molecule has 0 atom stereocenters. The van der Waals surface area contributed by atoms with Gasteiger partial charge < -0.3 is 37.9 Å². The van der Waals surface area contributed by atoms with Crippen molar-refractivity contribution in [1.82, 2.24) is 0 Å². The highest BCUT2D eigenvalue weighted by Crippen LogP contribution is 2.31. The van der Waals surface area contributed by atoms with E-state index >= 15 is 0 Å². The largest absolute Gasteiger partial charge is 0.487 e. The van der Waals surface area contributed by atoms with Gasteiger partial charge in [0, 0.05) is 12.1 Å². The summed E-state index contributed by atoms with van der Waals surface area (Å²) in [7, 11) is -8.86. The monoisotopic (exact) mass is 608 g/mol. The molecular weight excluding hydrogens is 576 g/mol. The van der Waals surface area contributed by atoms with Crippen LogP contribution >= 0.6 is 0 Å². The van der Waals surface area contributed by atoms with Gasteiger partial charge in [-0.1, -0.05) is 0 Å². The van der Waals surface area contributed by atoms with Crippen LogP contribution in [-0.2, 0) is 39.2 Å². The number of hydrogen-bond donors (Lipinski definition) is 2. The Morgan fingerprint density at radius 2 is 0.700 bits per heavy atom. The normalized spacial score (nSPS) is 17.9.